The summed E-state index contributed by atoms with van der Waals surface area (Å²) in [7, 11) is 0. The SMILES string of the molecule is CC1CCCC(C)C1NCc1cccc2cccnc12. The highest BCUT2D eigenvalue weighted by atomic mass is 14.9. The first-order valence-electron chi connectivity index (χ1n) is 7.81. The summed E-state index contributed by atoms with van der Waals surface area (Å²) in [4.78, 5) is 4.54. The van der Waals surface area contributed by atoms with Gasteiger partial charge in [0.25, 0.3) is 0 Å². The number of pyridine rings is 1. The molecule has 3 rings (SSSR count). The van der Waals surface area contributed by atoms with Crippen molar-refractivity contribution in [2.24, 2.45) is 11.8 Å². The number of rotatable bonds is 3. The Morgan fingerprint density at radius 1 is 1.10 bits per heavy atom. The van der Waals surface area contributed by atoms with Crippen LogP contribution in [-0.4, -0.2) is 11.0 Å². The van der Waals surface area contributed by atoms with Crippen molar-refractivity contribution in [1.29, 1.82) is 0 Å². The third-order valence-corrected chi connectivity index (χ3v) is 4.79. The summed E-state index contributed by atoms with van der Waals surface area (Å²) < 4.78 is 0. The third-order valence-electron chi connectivity index (χ3n) is 4.79. The van der Waals surface area contributed by atoms with Gasteiger partial charge in [-0.25, -0.2) is 0 Å². The van der Waals surface area contributed by atoms with E-state index >= 15 is 0 Å². The Labute approximate surface area is 121 Å². The van der Waals surface area contributed by atoms with Crippen LogP contribution in [0.5, 0.6) is 0 Å². The van der Waals surface area contributed by atoms with Crippen molar-refractivity contribution in [3.8, 4) is 0 Å². The lowest BCUT2D eigenvalue weighted by Crippen LogP contribution is -2.42. The molecule has 0 bridgehead atoms. The maximum atomic E-state index is 4.54. The summed E-state index contributed by atoms with van der Waals surface area (Å²) in [6.45, 7) is 5.69. The van der Waals surface area contributed by atoms with E-state index in [2.05, 4.69) is 48.4 Å². The minimum absolute atomic E-state index is 0.641. The lowest BCUT2D eigenvalue weighted by Gasteiger charge is -2.35. The molecular formula is C18H24N2. The molecular weight excluding hydrogens is 244 g/mol. The molecule has 106 valence electrons. The van der Waals surface area contributed by atoms with Crippen molar-refractivity contribution in [2.75, 3.05) is 0 Å². The van der Waals surface area contributed by atoms with Crippen LogP contribution in [0.4, 0.5) is 0 Å². The number of nitrogens with one attached hydrogen (secondary N) is 1. The molecule has 0 spiro atoms. The molecule has 1 aliphatic carbocycles. The van der Waals surface area contributed by atoms with Gasteiger partial charge in [0.2, 0.25) is 0 Å². The normalized spacial score (nSPS) is 26.8. The Kier molecular flexibility index (Phi) is 4.02. The fourth-order valence-electron chi connectivity index (χ4n) is 3.62. The van der Waals surface area contributed by atoms with Gasteiger partial charge in [0.15, 0.2) is 0 Å². The molecule has 1 heterocycles. The molecule has 2 heteroatoms. The van der Waals surface area contributed by atoms with E-state index in [1.165, 1.54) is 30.2 Å². The van der Waals surface area contributed by atoms with Crippen molar-refractivity contribution < 1.29 is 0 Å². The molecule has 2 atom stereocenters. The molecule has 0 aliphatic heterocycles. The number of nitrogens with zero attached hydrogens (tertiary/aromatic N) is 1. The minimum atomic E-state index is 0.641. The van der Waals surface area contributed by atoms with Gasteiger partial charge < -0.3 is 5.32 Å². The fourth-order valence-corrected chi connectivity index (χ4v) is 3.62. The second kappa shape index (κ2) is 5.92. The van der Waals surface area contributed by atoms with Crippen molar-refractivity contribution in [2.45, 2.75) is 45.7 Å². The lowest BCUT2D eigenvalue weighted by molar-refractivity contribution is 0.208. The van der Waals surface area contributed by atoms with E-state index in [1.807, 2.05) is 12.3 Å². The maximum Gasteiger partial charge on any atom is 0.0746 e. The summed E-state index contributed by atoms with van der Waals surface area (Å²) in [6.07, 6.45) is 5.99. The molecule has 0 saturated heterocycles. The molecule has 0 amide bonds. The van der Waals surface area contributed by atoms with Gasteiger partial charge in [-0.3, -0.25) is 4.98 Å². The quantitative estimate of drug-likeness (QED) is 0.904. The Hall–Kier alpha value is -1.41. The number of hydrogen-bond donors (Lipinski definition) is 1. The Morgan fingerprint density at radius 2 is 1.85 bits per heavy atom. The van der Waals surface area contributed by atoms with E-state index in [0.29, 0.717) is 6.04 Å². The van der Waals surface area contributed by atoms with E-state index in [0.717, 1.165) is 23.9 Å². The molecule has 2 nitrogen and oxygen atoms in total. The molecule has 2 aromatic rings. The Balaban J connectivity index is 1.76. The minimum Gasteiger partial charge on any atom is -0.309 e. The first-order valence-corrected chi connectivity index (χ1v) is 7.81. The predicted molar refractivity (Wildman–Crippen MR) is 84.5 cm³/mol. The number of benzene rings is 1. The highest BCUT2D eigenvalue weighted by Crippen LogP contribution is 2.29. The number of fused-ring (bicyclic) bond motifs is 1. The second-order valence-electron chi connectivity index (χ2n) is 6.28. The molecule has 0 radical (unpaired) electrons. The van der Waals surface area contributed by atoms with Crippen LogP contribution in [-0.2, 0) is 6.54 Å². The van der Waals surface area contributed by atoms with E-state index < -0.39 is 0 Å². The van der Waals surface area contributed by atoms with E-state index in [-0.39, 0.29) is 0 Å². The summed E-state index contributed by atoms with van der Waals surface area (Å²) in [6, 6.07) is 11.2. The topological polar surface area (TPSA) is 24.9 Å². The van der Waals surface area contributed by atoms with Gasteiger partial charge in [-0.1, -0.05) is 44.5 Å². The van der Waals surface area contributed by atoms with Crippen molar-refractivity contribution in [3.63, 3.8) is 0 Å². The zero-order valence-corrected chi connectivity index (χ0v) is 12.5. The molecule has 1 saturated carbocycles. The van der Waals surface area contributed by atoms with Gasteiger partial charge in [0.1, 0.15) is 0 Å². The molecule has 1 aromatic carbocycles. The molecule has 1 fully saturated rings. The molecule has 1 aromatic heterocycles. The second-order valence-corrected chi connectivity index (χ2v) is 6.28. The van der Waals surface area contributed by atoms with Crippen LogP contribution < -0.4 is 5.32 Å². The van der Waals surface area contributed by atoms with E-state index in [4.69, 9.17) is 0 Å². The number of para-hydroxylation sites is 1. The smallest absolute Gasteiger partial charge is 0.0746 e. The summed E-state index contributed by atoms with van der Waals surface area (Å²) in [5.74, 6) is 1.56. The highest BCUT2D eigenvalue weighted by molar-refractivity contribution is 5.81. The van der Waals surface area contributed by atoms with Crippen molar-refractivity contribution in [3.05, 3.63) is 42.1 Å². The van der Waals surface area contributed by atoms with Gasteiger partial charge in [0.05, 0.1) is 5.52 Å². The Bertz CT molecular complexity index is 563. The van der Waals surface area contributed by atoms with Crippen LogP contribution in [0.25, 0.3) is 10.9 Å². The zero-order valence-electron chi connectivity index (χ0n) is 12.5. The van der Waals surface area contributed by atoms with Crippen LogP contribution in [0.1, 0.15) is 38.7 Å². The van der Waals surface area contributed by atoms with Crippen molar-refractivity contribution in [1.82, 2.24) is 10.3 Å². The molecule has 20 heavy (non-hydrogen) atoms. The van der Waals surface area contributed by atoms with Crippen LogP contribution in [0.2, 0.25) is 0 Å². The molecule has 1 N–H and O–H groups in total. The van der Waals surface area contributed by atoms with Gasteiger partial charge in [-0.05, 0) is 36.3 Å². The molecule has 1 aliphatic rings. The van der Waals surface area contributed by atoms with Gasteiger partial charge in [-0.2, -0.15) is 0 Å². The zero-order chi connectivity index (χ0) is 13.9. The van der Waals surface area contributed by atoms with Crippen LogP contribution in [0.15, 0.2) is 36.5 Å². The Morgan fingerprint density at radius 3 is 2.65 bits per heavy atom. The highest BCUT2D eigenvalue weighted by Gasteiger charge is 2.27. The van der Waals surface area contributed by atoms with Gasteiger partial charge in [-0.15, -0.1) is 0 Å². The summed E-state index contributed by atoms with van der Waals surface area (Å²) in [5, 5.41) is 5.02. The first-order chi connectivity index (χ1) is 9.75. The first kappa shape index (κ1) is 13.6. The number of hydrogen-bond acceptors (Lipinski definition) is 2. The standard InChI is InChI=1S/C18H24N2/c1-13-6-3-7-14(2)17(13)20-12-16-9-4-8-15-10-5-11-19-18(15)16/h4-5,8-11,13-14,17,20H,3,6-7,12H2,1-2H3. The van der Waals surface area contributed by atoms with Gasteiger partial charge >= 0.3 is 0 Å². The average Bonchev–Trinajstić information content (AvgIpc) is 2.47. The fraction of sp³-hybridized carbons (Fsp3) is 0.500. The summed E-state index contributed by atoms with van der Waals surface area (Å²) in [5.41, 5.74) is 2.45. The van der Waals surface area contributed by atoms with Crippen LogP contribution in [0.3, 0.4) is 0 Å². The third kappa shape index (κ3) is 2.71. The lowest BCUT2D eigenvalue weighted by atomic mass is 9.78. The van der Waals surface area contributed by atoms with Crippen LogP contribution in [0, 0.1) is 11.8 Å². The molecule has 2 unspecified atom stereocenters. The van der Waals surface area contributed by atoms with Crippen molar-refractivity contribution >= 4 is 10.9 Å². The van der Waals surface area contributed by atoms with E-state index in [1.54, 1.807) is 0 Å². The summed E-state index contributed by atoms with van der Waals surface area (Å²) >= 11 is 0. The number of aromatic nitrogens is 1. The van der Waals surface area contributed by atoms with Gasteiger partial charge in [0, 0.05) is 24.2 Å². The average molecular weight is 268 g/mol. The predicted octanol–water partition coefficient (Wildman–Crippen LogP) is 4.15. The maximum absolute atomic E-state index is 4.54. The largest absolute Gasteiger partial charge is 0.309 e. The van der Waals surface area contributed by atoms with Crippen LogP contribution >= 0.6 is 0 Å². The van der Waals surface area contributed by atoms with E-state index in [9.17, 15) is 0 Å². The monoisotopic (exact) mass is 268 g/mol.